The van der Waals surface area contributed by atoms with Crippen molar-refractivity contribution < 1.29 is 0 Å². The molecule has 4 nitrogen and oxygen atoms in total. The molecule has 0 spiro atoms. The van der Waals surface area contributed by atoms with Crippen molar-refractivity contribution in [3.63, 3.8) is 0 Å². The molecule has 0 aliphatic rings. The Morgan fingerprint density at radius 3 is 2.48 bits per heavy atom. The normalized spacial score (nSPS) is 11.0. The van der Waals surface area contributed by atoms with Crippen molar-refractivity contribution in [2.75, 3.05) is 5.32 Å². The predicted octanol–water partition coefficient (Wildman–Crippen LogP) is 4.65. The zero-order valence-corrected chi connectivity index (χ0v) is 14.4. The van der Waals surface area contributed by atoms with E-state index in [9.17, 15) is 0 Å². The lowest BCUT2D eigenvalue weighted by Crippen LogP contribution is -2.04. The summed E-state index contributed by atoms with van der Waals surface area (Å²) in [5.41, 5.74) is 5.48. The minimum absolute atomic E-state index is 0.704. The third-order valence-corrected chi connectivity index (χ3v) is 4.49. The van der Waals surface area contributed by atoms with E-state index in [4.69, 9.17) is 5.10 Å². The fourth-order valence-corrected chi connectivity index (χ4v) is 3.09. The van der Waals surface area contributed by atoms with Crippen molar-refractivity contribution in [1.29, 1.82) is 0 Å². The minimum Gasteiger partial charge on any atom is -0.366 e. The second-order valence-electron chi connectivity index (χ2n) is 6.14. The fraction of sp³-hybridized carbons (Fsp3) is 0.143. The number of aryl methyl sites for hydroxylation is 1. The summed E-state index contributed by atoms with van der Waals surface area (Å²) >= 11 is 0. The molecule has 2 aromatic carbocycles. The Morgan fingerprint density at radius 2 is 1.64 bits per heavy atom. The van der Waals surface area contributed by atoms with Crippen LogP contribution in [0, 0.1) is 13.8 Å². The van der Waals surface area contributed by atoms with E-state index in [2.05, 4.69) is 48.4 Å². The number of anilines is 1. The molecule has 0 radical (unpaired) electrons. The average molecular weight is 328 g/mol. The number of hydrogen-bond acceptors (Lipinski definition) is 3. The quantitative estimate of drug-likeness (QED) is 0.593. The molecule has 0 atom stereocenters. The first-order chi connectivity index (χ1) is 12.2. The second-order valence-corrected chi connectivity index (χ2v) is 6.14. The summed E-state index contributed by atoms with van der Waals surface area (Å²) in [4.78, 5) is 4.68. The number of nitrogens with one attached hydrogen (secondary N) is 1. The van der Waals surface area contributed by atoms with Crippen LogP contribution in [-0.4, -0.2) is 14.8 Å². The molecule has 2 heterocycles. The molecule has 1 N–H and O–H groups in total. The number of hydrogen-bond donors (Lipinski definition) is 1. The molecule has 0 saturated heterocycles. The van der Waals surface area contributed by atoms with E-state index in [0.717, 1.165) is 33.8 Å². The molecule has 0 aliphatic heterocycles. The van der Waals surface area contributed by atoms with E-state index in [1.165, 1.54) is 5.56 Å². The molecular weight excluding hydrogens is 308 g/mol. The molecular formula is C21H20N4. The monoisotopic (exact) mass is 328 g/mol. The van der Waals surface area contributed by atoms with Crippen molar-refractivity contribution in [1.82, 2.24) is 14.8 Å². The smallest absolute Gasteiger partial charge is 0.126 e. The van der Waals surface area contributed by atoms with Gasteiger partial charge in [0.2, 0.25) is 0 Å². The summed E-state index contributed by atoms with van der Waals surface area (Å²) in [5.74, 6) is 0.880. The highest BCUT2D eigenvalue weighted by Crippen LogP contribution is 2.20. The van der Waals surface area contributed by atoms with Crippen LogP contribution in [0.3, 0.4) is 0 Å². The summed E-state index contributed by atoms with van der Waals surface area (Å²) in [6.07, 6.45) is 0. The lowest BCUT2D eigenvalue weighted by molar-refractivity contribution is 0.832. The standard InChI is InChI=1S/C21H20N4/c1-15-19(16(2)25(24-15)18-9-4-3-5-10-18)14-22-21-13-12-17-8-6-7-11-20(17)23-21/h3-13H,14H2,1-2H3,(H,22,23). The van der Waals surface area contributed by atoms with Crippen LogP contribution in [0.1, 0.15) is 17.0 Å². The van der Waals surface area contributed by atoms with Crippen LogP contribution in [0.5, 0.6) is 0 Å². The van der Waals surface area contributed by atoms with E-state index in [-0.39, 0.29) is 0 Å². The zero-order valence-electron chi connectivity index (χ0n) is 14.4. The van der Waals surface area contributed by atoms with Gasteiger partial charge in [0.25, 0.3) is 0 Å². The van der Waals surface area contributed by atoms with Crippen LogP contribution in [0.25, 0.3) is 16.6 Å². The van der Waals surface area contributed by atoms with Crippen LogP contribution >= 0.6 is 0 Å². The maximum absolute atomic E-state index is 4.70. The fourth-order valence-electron chi connectivity index (χ4n) is 3.09. The van der Waals surface area contributed by atoms with E-state index < -0.39 is 0 Å². The highest BCUT2D eigenvalue weighted by molar-refractivity contribution is 5.80. The van der Waals surface area contributed by atoms with Crippen LogP contribution in [0.2, 0.25) is 0 Å². The van der Waals surface area contributed by atoms with Gasteiger partial charge in [0.05, 0.1) is 16.9 Å². The minimum atomic E-state index is 0.704. The van der Waals surface area contributed by atoms with Gasteiger partial charge in [0.15, 0.2) is 0 Å². The van der Waals surface area contributed by atoms with Gasteiger partial charge in [-0.15, -0.1) is 0 Å². The molecule has 0 saturated carbocycles. The van der Waals surface area contributed by atoms with Crippen molar-refractivity contribution >= 4 is 16.7 Å². The highest BCUT2D eigenvalue weighted by Gasteiger charge is 2.12. The molecule has 2 aromatic heterocycles. The molecule has 0 fully saturated rings. The number of rotatable bonds is 4. The van der Waals surface area contributed by atoms with Gasteiger partial charge in [0, 0.05) is 23.2 Å². The van der Waals surface area contributed by atoms with Crippen molar-refractivity contribution in [3.05, 3.63) is 83.7 Å². The summed E-state index contributed by atoms with van der Waals surface area (Å²) in [6, 6.07) is 22.5. The van der Waals surface area contributed by atoms with Crippen molar-refractivity contribution in [3.8, 4) is 5.69 Å². The predicted molar refractivity (Wildman–Crippen MR) is 102 cm³/mol. The molecule has 4 heteroatoms. The number of fused-ring (bicyclic) bond motifs is 1. The van der Waals surface area contributed by atoms with Crippen LogP contribution in [0.4, 0.5) is 5.82 Å². The van der Waals surface area contributed by atoms with Crippen LogP contribution in [-0.2, 0) is 6.54 Å². The molecule has 0 aliphatic carbocycles. The van der Waals surface area contributed by atoms with Gasteiger partial charge < -0.3 is 5.32 Å². The Hall–Kier alpha value is -3.14. The van der Waals surface area contributed by atoms with Crippen molar-refractivity contribution in [2.45, 2.75) is 20.4 Å². The third kappa shape index (κ3) is 2.98. The zero-order chi connectivity index (χ0) is 17.2. The average Bonchev–Trinajstić information content (AvgIpc) is 2.94. The molecule has 4 rings (SSSR count). The number of benzene rings is 2. The summed E-state index contributed by atoms with van der Waals surface area (Å²) in [6.45, 7) is 4.87. The maximum Gasteiger partial charge on any atom is 0.126 e. The number of nitrogens with zero attached hydrogens (tertiary/aromatic N) is 3. The highest BCUT2D eigenvalue weighted by atomic mass is 15.3. The molecule has 124 valence electrons. The first-order valence-corrected chi connectivity index (χ1v) is 8.42. The van der Waals surface area contributed by atoms with Crippen LogP contribution in [0.15, 0.2) is 66.7 Å². The molecule has 0 bridgehead atoms. The maximum atomic E-state index is 4.70. The SMILES string of the molecule is Cc1nn(-c2ccccc2)c(C)c1CNc1ccc2ccccc2n1. The lowest BCUT2D eigenvalue weighted by Gasteiger charge is -2.08. The number of aromatic nitrogens is 3. The summed E-state index contributed by atoms with van der Waals surface area (Å²) in [5, 5.41) is 9.28. The van der Waals surface area contributed by atoms with E-state index in [1.54, 1.807) is 0 Å². The van der Waals surface area contributed by atoms with Gasteiger partial charge in [-0.1, -0.05) is 36.4 Å². The first kappa shape index (κ1) is 15.4. The third-order valence-electron chi connectivity index (χ3n) is 4.49. The van der Waals surface area contributed by atoms with E-state index >= 15 is 0 Å². The Morgan fingerprint density at radius 1 is 0.880 bits per heavy atom. The van der Waals surface area contributed by atoms with Crippen LogP contribution < -0.4 is 5.32 Å². The van der Waals surface area contributed by atoms with Gasteiger partial charge in [-0.05, 0) is 44.2 Å². The van der Waals surface area contributed by atoms with Gasteiger partial charge in [-0.3, -0.25) is 0 Å². The first-order valence-electron chi connectivity index (χ1n) is 8.42. The number of pyridine rings is 1. The van der Waals surface area contributed by atoms with Gasteiger partial charge in [-0.25, -0.2) is 9.67 Å². The topological polar surface area (TPSA) is 42.7 Å². The Kier molecular flexibility index (Phi) is 3.94. The molecule has 0 amide bonds. The van der Waals surface area contributed by atoms with Gasteiger partial charge in [-0.2, -0.15) is 5.10 Å². The molecule has 4 aromatic rings. The van der Waals surface area contributed by atoms with Gasteiger partial charge in [0.1, 0.15) is 5.82 Å². The van der Waals surface area contributed by atoms with E-state index in [1.807, 2.05) is 47.1 Å². The summed E-state index contributed by atoms with van der Waals surface area (Å²) < 4.78 is 2.00. The summed E-state index contributed by atoms with van der Waals surface area (Å²) in [7, 11) is 0. The Labute approximate surface area is 147 Å². The van der Waals surface area contributed by atoms with E-state index in [0.29, 0.717) is 6.54 Å². The van der Waals surface area contributed by atoms with Crippen molar-refractivity contribution in [2.24, 2.45) is 0 Å². The number of para-hydroxylation sites is 2. The molecule has 0 unspecified atom stereocenters. The second kappa shape index (κ2) is 6.40. The largest absolute Gasteiger partial charge is 0.366 e. The Balaban J connectivity index is 1.59. The Bertz CT molecular complexity index is 1020. The van der Waals surface area contributed by atoms with Gasteiger partial charge >= 0.3 is 0 Å². The lowest BCUT2D eigenvalue weighted by atomic mass is 10.2. The molecule has 25 heavy (non-hydrogen) atoms.